The van der Waals surface area contributed by atoms with Crippen molar-refractivity contribution < 1.29 is 19.0 Å². The van der Waals surface area contributed by atoms with Crippen molar-refractivity contribution in [3.05, 3.63) is 48.4 Å². The third-order valence-corrected chi connectivity index (χ3v) is 2.72. The molecular weight excluding hydrogens is 220 g/mol. The fourth-order valence-corrected chi connectivity index (χ4v) is 1.83. The predicted octanol–water partition coefficient (Wildman–Crippen LogP) is 2.15. The third-order valence-electron chi connectivity index (χ3n) is 2.72. The van der Waals surface area contributed by atoms with E-state index >= 15 is 0 Å². The van der Waals surface area contributed by atoms with Gasteiger partial charge in [-0.05, 0) is 24.3 Å². The van der Waals surface area contributed by atoms with Crippen molar-refractivity contribution in [2.24, 2.45) is 0 Å². The van der Waals surface area contributed by atoms with Gasteiger partial charge in [0.2, 0.25) is 0 Å². The topological polar surface area (TPSA) is 51.8 Å². The van der Waals surface area contributed by atoms with Crippen LogP contribution >= 0.6 is 0 Å². The van der Waals surface area contributed by atoms with Crippen LogP contribution in [0.1, 0.15) is 11.9 Å². The van der Waals surface area contributed by atoms with E-state index in [9.17, 15) is 5.11 Å². The van der Waals surface area contributed by atoms with Gasteiger partial charge in [-0.2, -0.15) is 0 Å². The van der Waals surface area contributed by atoms with Crippen LogP contribution < -0.4 is 9.47 Å². The van der Waals surface area contributed by atoms with Crippen molar-refractivity contribution in [1.82, 2.24) is 0 Å². The molecule has 0 radical (unpaired) electrons. The first-order valence-corrected chi connectivity index (χ1v) is 5.44. The quantitative estimate of drug-likeness (QED) is 0.862. The molecule has 0 saturated heterocycles. The molecule has 4 nitrogen and oxygen atoms in total. The normalized spacial score (nSPS) is 19.9. The lowest BCUT2D eigenvalue weighted by Crippen LogP contribution is -2.34. The zero-order valence-corrected chi connectivity index (χ0v) is 9.08. The predicted molar refractivity (Wildman–Crippen MR) is 60.0 cm³/mol. The Kier molecular flexibility index (Phi) is 2.49. The van der Waals surface area contributed by atoms with Crippen molar-refractivity contribution in [3.63, 3.8) is 0 Å². The number of hydrogen-bond acceptors (Lipinski definition) is 4. The van der Waals surface area contributed by atoms with Crippen LogP contribution in [0.3, 0.4) is 0 Å². The van der Waals surface area contributed by atoms with Crippen molar-refractivity contribution in [1.29, 1.82) is 0 Å². The second-order valence-electron chi connectivity index (χ2n) is 3.87. The van der Waals surface area contributed by atoms with Gasteiger partial charge >= 0.3 is 0 Å². The van der Waals surface area contributed by atoms with E-state index in [4.69, 9.17) is 13.9 Å². The number of rotatable bonds is 2. The van der Waals surface area contributed by atoms with Crippen LogP contribution in [0.2, 0.25) is 0 Å². The smallest absolute Gasteiger partial charge is 0.166 e. The third kappa shape index (κ3) is 1.87. The summed E-state index contributed by atoms with van der Waals surface area (Å²) in [5.41, 5.74) is 0. The van der Waals surface area contributed by atoms with Crippen molar-refractivity contribution in [2.75, 3.05) is 6.61 Å². The lowest BCUT2D eigenvalue weighted by molar-refractivity contribution is -0.0209. The highest BCUT2D eigenvalue weighted by molar-refractivity contribution is 5.40. The Morgan fingerprint density at radius 3 is 2.71 bits per heavy atom. The molecule has 0 aliphatic carbocycles. The van der Waals surface area contributed by atoms with Crippen LogP contribution in [0.5, 0.6) is 11.5 Å². The van der Waals surface area contributed by atoms with E-state index in [1.54, 1.807) is 12.1 Å². The lowest BCUT2D eigenvalue weighted by Gasteiger charge is -2.28. The van der Waals surface area contributed by atoms with E-state index in [2.05, 4.69) is 0 Å². The molecule has 17 heavy (non-hydrogen) atoms. The Hall–Kier alpha value is -1.94. The van der Waals surface area contributed by atoms with Gasteiger partial charge in [-0.15, -0.1) is 0 Å². The maximum atomic E-state index is 10.1. The summed E-state index contributed by atoms with van der Waals surface area (Å²) in [6.45, 7) is 0.304. The van der Waals surface area contributed by atoms with Crippen LogP contribution in [-0.4, -0.2) is 17.8 Å². The van der Waals surface area contributed by atoms with Crippen LogP contribution in [0.15, 0.2) is 47.1 Å². The molecule has 1 aliphatic rings. The molecule has 2 heterocycles. The van der Waals surface area contributed by atoms with Gasteiger partial charge in [-0.1, -0.05) is 12.1 Å². The van der Waals surface area contributed by atoms with E-state index in [1.165, 1.54) is 6.26 Å². The largest absolute Gasteiger partial charge is 0.486 e. The van der Waals surface area contributed by atoms with Gasteiger partial charge in [0.25, 0.3) is 0 Å². The second kappa shape index (κ2) is 4.14. The molecule has 2 aromatic rings. The molecular formula is C13H12O4. The highest BCUT2D eigenvalue weighted by atomic mass is 16.6. The summed E-state index contributed by atoms with van der Waals surface area (Å²) in [6, 6.07) is 10.8. The molecule has 4 heteroatoms. The Morgan fingerprint density at radius 1 is 1.12 bits per heavy atom. The lowest BCUT2D eigenvalue weighted by atomic mass is 10.1. The maximum Gasteiger partial charge on any atom is 0.166 e. The first-order valence-electron chi connectivity index (χ1n) is 5.44. The fraction of sp³-hybridized carbons (Fsp3) is 0.231. The molecule has 0 amide bonds. The Balaban J connectivity index is 1.80. The number of aliphatic hydroxyl groups excluding tert-OH is 1. The number of para-hydroxylation sites is 2. The van der Waals surface area contributed by atoms with Gasteiger partial charge in [-0.3, -0.25) is 0 Å². The molecule has 1 aliphatic heterocycles. The zero-order chi connectivity index (χ0) is 11.7. The minimum Gasteiger partial charge on any atom is -0.486 e. The van der Waals surface area contributed by atoms with Gasteiger partial charge in [0.15, 0.2) is 23.7 Å². The Labute approximate surface area is 98.4 Å². The summed E-state index contributed by atoms with van der Waals surface area (Å²) in [6.07, 6.45) is 0.255. The fourth-order valence-electron chi connectivity index (χ4n) is 1.83. The summed E-state index contributed by atoms with van der Waals surface area (Å²) in [7, 11) is 0. The number of benzene rings is 1. The summed E-state index contributed by atoms with van der Waals surface area (Å²) in [4.78, 5) is 0. The molecule has 3 rings (SSSR count). The number of fused-ring (bicyclic) bond motifs is 1. The average molecular weight is 232 g/mol. The summed E-state index contributed by atoms with van der Waals surface area (Å²) in [5.74, 6) is 1.84. The first-order chi connectivity index (χ1) is 8.34. The van der Waals surface area contributed by atoms with Gasteiger partial charge in [0.05, 0.1) is 6.26 Å². The van der Waals surface area contributed by atoms with Crippen molar-refractivity contribution in [3.8, 4) is 11.5 Å². The summed E-state index contributed by atoms with van der Waals surface area (Å²) >= 11 is 0. The van der Waals surface area contributed by atoms with E-state index in [-0.39, 0.29) is 0 Å². The van der Waals surface area contributed by atoms with E-state index in [0.717, 1.165) is 0 Å². The molecule has 0 bridgehead atoms. The molecule has 2 unspecified atom stereocenters. The van der Waals surface area contributed by atoms with Gasteiger partial charge in [0, 0.05) is 0 Å². The van der Waals surface area contributed by atoms with Crippen LogP contribution in [0, 0.1) is 0 Å². The Morgan fingerprint density at radius 2 is 1.94 bits per heavy atom. The number of hydrogen-bond donors (Lipinski definition) is 1. The summed E-state index contributed by atoms with van der Waals surface area (Å²) in [5, 5.41) is 10.1. The van der Waals surface area contributed by atoms with Gasteiger partial charge < -0.3 is 19.0 Å². The molecule has 0 saturated carbocycles. The molecule has 0 spiro atoms. The summed E-state index contributed by atoms with van der Waals surface area (Å²) < 4.78 is 16.4. The van der Waals surface area contributed by atoms with Gasteiger partial charge in [-0.25, -0.2) is 0 Å². The van der Waals surface area contributed by atoms with Crippen LogP contribution in [0.4, 0.5) is 0 Å². The first kappa shape index (κ1) is 10.2. The second-order valence-corrected chi connectivity index (χ2v) is 3.87. The van der Waals surface area contributed by atoms with E-state index < -0.39 is 12.2 Å². The molecule has 0 fully saturated rings. The van der Waals surface area contributed by atoms with E-state index in [1.807, 2.05) is 24.3 Å². The number of aliphatic hydroxyl groups is 1. The molecule has 2 atom stereocenters. The molecule has 1 aromatic carbocycles. The standard InChI is InChI=1S/C13H12O4/c14-13(11-6-3-7-15-11)12-8-16-9-4-1-2-5-10(9)17-12/h1-7,12-14H,8H2. The highest BCUT2D eigenvalue weighted by Crippen LogP contribution is 2.34. The molecule has 88 valence electrons. The van der Waals surface area contributed by atoms with E-state index in [0.29, 0.717) is 23.9 Å². The Bertz CT molecular complexity index is 492. The average Bonchev–Trinajstić information content (AvgIpc) is 2.91. The van der Waals surface area contributed by atoms with Gasteiger partial charge in [0.1, 0.15) is 12.4 Å². The maximum absolute atomic E-state index is 10.1. The monoisotopic (exact) mass is 232 g/mol. The van der Waals surface area contributed by atoms with Crippen LogP contribution in [0.25, 0.3) is 0 Å². The van der Waals surface area contributed by atoms with Crippen LogP contribution in [-0.2, 0) is 0 Å². The minimum absolute atomic E-state index is 0.304. The zero-order valence-electron chi connectivity index (χ0n) is 9.08. The number of furan rings is 1. The molecule has 1 aromatic heterocycles. The highest BCUT2D eigenvalue weighted by Gasteiger charge is 2.30. The van der Waals surface area contributed by atoms with Crippen molar-refractivity contribution >= 4 is 0 Å². The minimum atomic E-state index is -0.821. The number of ether oxygens (including phenoxy) is 2. The molecule has 1 N–H and O–H groups in total. The SMILES string of the molecule is OC(c1ccco1)C1COc2ccccc2O1. The van der Waals surface area contributed by atoms with Crippen molar-refractivity contribution in [2.45, 2.75) is 12.2 Å².